The number of halogens is 2. The summed E-state index contributed by atoms with van der Waals surface area (Å²) >= 11 is 7.16. The van der Waals surface area contributed by atoms with E-state index in [0.29, 0.717) is 5.01 Å². The number of aromatic nitrogens is 2. The predicted octanol–water partition coefficient (Wildman–Crippen LogP) is 3.56. The lowest BCUT2D eigenvalue weighted by atomic mass is 9.85. The molecule has 1 heterocycles. The van der Waals surface area contributed by atoms with Gasteiger partial charge in [-0.15, -0.1) is 10.2 Å². The number of nitrogens with one attached hydrogen (secondary N) is 1. The van der Waals surface area contributed by atoms with E-state index in [1.807, 2.05) is 13.8 Å². The highest BCUT2D eigenvalue weighted by Crippen LogP contribution is 2.35. The van der Waals surface area contributed by atoms with Gasteiger partial charge < -0.3 is 0 Å². The molecule has 0 atom stereocenters. The van der Waals surface area contributed by atoms with Crippen LogP contribution in [-0.4, -0.2) is 24.5 Å². The highest BCUT2D eigenvalue weighted by molar-refractivity contribution is 7.89. The molecule has 2 aromatic carbocycles. The number of carbonyl (C=O) groups is 1. The standard InChI is InChI=1S/C18H16ClFN4O3S2/c1-18(2,10-3-5-11(20)6-4-10)16-23-24-17(28-16)22-15(25)13-9-12(29(21,26)27)7-8-14(13)19/h3-9H,1-2H3,(H2,21,26,27)(H,22,24,25). The van der Waals surface area contributed by atoms with Crippen molar-refractivity contribution >= 4 is 44.0 Å². The molecule has 3 aromatic rings. The van der Waals surface area contributed by atoms with Gasteiger partial charge in [-0.3, -0.25) is 10.1 Å². The molecule has 0 spiro atoms. The molecule has 0 aliphatic rings. The summed E-state index contributed by atoms with van der Waals surface area (Å²) in [5.41, 5.74) is 0.198. The number of anilines is 1. The van der Waals surface area contributed by atoms with E-state index in [-0.39, 0.29) is 26.4 Å². The Morgan fingerprint density at radius 3 is 2.45 bits per heavy atom. The van der Waals surface area contributed by atoms with E-state index in [9.17, 15) is 17.6 Å². The summed E-state index contributed by atoms with van der Waals surface area (Å²) in [6.07, 6.45) is 0. The average Bonchev–Trinajstić information content (AvgIpc) is 3.10. The highest BCUT2D eigenvalue weighted by atomic mass is 35.5. The summed E-state index contributed by atoms with van der Waals surface area (Å²) in [4.78, 5) is 12.3. The van der Waals surface area contributed by atoms with Crippen LogP contribution in [0.2, 0.25) is 5.02 Å². The van der Waals surface area contributed by atoms with Crippen LogP contribution in [0, 0.1) is 5.82 Å². The molecule has 3 rings (SSSR count). The largest absolute Gasteiger partial charge is 0.296 e. The van der Waals surface area contributed by atoms with E-state index in [1.165, 1.54) is 24.3 Å². The third-order valence-electron chi connectivity index (χ3n) is 4.26. The van der Waals surface area contributed by atoms with Gasteiger partial charge in [-0.2, -0.15) is 0 Å². The van der Waals surface area contributed by atoms with Gasteiger partial charge in [0, 0.05) is 5.41 Å². The molecule has 1 aromatic heterocycles. The molecule has 1 amide bonds. The first-order chi connectivity index (χ1) is 13.5. The van der Waals surface area contributed by atoms with Crippen LogP contribution in [-0.2, 0) is 15.4 Å². The van der Waals surface area contributed by atoms with E-state index in [0.717, 1.165) is 23.0 Å². The normalized spacial score (nSPS) is 12.0. The van der Waals surface area contributed by atoms with Gasteiger partial charge in [0.1, 0.15) is 10.8 Å². The minimum atomic E-state index is -3.99. The zero-order chi connectivity index (χ0) is 21.4. The minimum absolute atomic E-state index is 0.0614. The van der Waals surface area contributed by atoms with Gasteiger partial charge in [0.25, 0.3) is 5.91 Å². The van der Waals surface area contributed by atoms with Crippen molar-refractivity contribution in [3.05, 3.63) is 69.4 Å². The van der Waals surface area contributed by atoms with Gasteiger partial charge >= 0.3 is 0 Å². The Kier molecular flexibility index (Phi) is 5.72. The third kappa shape index (κ3) is 4.61. The molecule has 3 N–H and O–H groups in total. The Bertz CT molecular complexity index is 1180. The number of rotatable bonds is 5. The molecule has 11 heteroatoms. The molecular formula is C18H16ClFN4O3S2. The maximum atomic E-state index is 13.2. The van der Waals surface area contributed by atoms with E-state index >= 15 is 0 Å². The van der Waals surface area contributed by atoms with Crippen molar-refractivity contribution in [3.63, 3.8) is 0 Å². The molecule has 29 heavy (non-hydrogen) atoms. The fourth-order valence-corrected chi connectivity index (χ4v) is 4.14. The van der Waals surface area contributed by atoms with Gasteiger partial charge in [-0.1, -0.05) is 35.1 Å². The lowest BCUT2D eigenvalue weighted by molar-refractivity contribution is 0.102. The zero-order valence-electron chi connectivity index (χ0n) is 15.3. The topological polar surface area (TPSA) is 115 Å². The molecule has 152 valence electrons. The number of hydrogen-bond acceptors (Lipinski definition) is 6. The van der Waals surface area contributed by atoms with Crippen molar-refractivity contribution in [2.45, 2.75) is 24.2 Å². The van der Waals surface area contributed by atoms with Crippen LogP contribution >= 0.6 is 22.9 Å². The van der Waals surface area contributed by atoms with Gasteiger partial charge in [0.15, 0.2) is 0 Å². The Morgan fingerprint density at radius 1 is 1.17 bits per heavy atom. The number of nitrogens with zero attached hydrogens (tertiary/aromatic N) is 2. The second-order valence-electron chi connectivity index (χ2n) is 6.69. The molecule has 0 aliphatic carbocycles. The molecule has 0 radical (unpaired) electrons. The monoisotopic (exact) mass is 454 g/mol. The van der Waals surface area contributed by atoms with Gasteiger partial charge in [-0.05, 0) is 49.7 Å². The number of hydrogen-bond donors (Lipinski definition) is 2. The average molecular weight is 455 g/mol. The fourth-order valence-electron chi connectivity index (χ4n) is 2.54. The smallest absolute Gasteiger partial charge is 0.259 e. The maximum absolute atomic E-state index is 13.2. The summed E-state index contributed by atoms with van der Waals surface area (Å²) in [6.45, 7) is 3.80. The number of nitrogens with two attached hydrogens (primary N) is 1. The molecule has 7 nitrogen and oxygen atoms in total. The van der Waals surface area contributed by atoms with Gasteiger partial charge in [0.05, 0.1) is 15.5 Å². The van der Waals surface area contributed by atoms with Crippen molar-refractivity contribution in [1.29, 1.82) is 0 Å². The van der Waals surface area contributed by atoms with Crippen molar-refractivity contribution < 1.29 is 17.6 Å². The van der Waals surface area contributed by atoms with Gasteiger partial charge in [0.2, 0.25) is 15.2 Å². The van der Waals surface area contributed by atoms with Crippen molar-refractivity contribution in [1.82, 2.24) is 10.2 Å². The Morgan fingerprint density at radius 2 is 1.83 bits per heavy atom. The van der Waals surface area contributed by atoms with Crippen molar-refractivity contribution in [2.75, 3.05) is 5.32 Å². The van der Waals surface area contributed by atoms with Crippen LogP contribution < -0.4 is 10.5 Å². The zero-order valence-corrected chi connectivity index (χ0v) is 17.7. The van der Waals surface area contributed by atoms with Crippen molar-refractivity contribution in [2.24, 2.45) is 5.14 Å². The lowest BCUT2D eigenvalue weighted by Gasteiger charge is -2.21. The molecule has 0 saturated heterocycles. The van der Waals surface area contributed by atoms with E-state index < -0.39 is 21.3 Å². The number of amides is 1. The first kappa shape index (κ1) is 21.3. The molecule has 0 unspecified atom stereocenters. The SMILES string of the molecule is CC(C)(c1ccc(F)cc1)c1nnc(NC(=O)c2cc(S(N)(=O)=O)ccc2Cl)s1. The second-order valence-corrected chi connectivity index (χ2v) is 9.63. The van der Waals surface area contributed by atoms with Crippen LogP contribution in [0.25, 0.3) is 0 Å². The minimum Gasteiger partial charge on any atom is -0.296 e. The Hall–Kier alpha value is -2.40. The summed E-state index contributed by atoms with van der Waals surface area (Å²) in [5.74, 6) is -0.990. The van der Waals surface area contributed by atoms with Crippen LogP contribution in [0.5, 0.6) is 0 Å². The van der Waals surface area contributed by atoms with E-state index in [1.54, 1.807) is 12.1 Å². The fraction of sp³-hybridized carbons (Fsp3) is 0.167. The van der Waals surface area contributed by atoms with Crippen LogP contribution in [0.4, 0.5) is 9.52 Å². The predicted molar refractivity (Wildman–Crippen MR) is 109 cm³/mol. The van der Waals surface area contributed by atoms with E-state index in [4.69, 9.17) is 16.7 Å². The Labute approximate surface area is 175 Å². The molecule has 0 aliphatic heterocycles. The lowest BCUT2D eigenvalue weighted by Crippen LogP contribution is -2.18. The third-order valence-corrected chi connectivity index (χ3v) is 6.66. The molecule has 0 bridgehead atoms. The Balaban J connectivity index is 1.85. The number of carbonyl (C=O) groups excluding carboxylic acids is 1. The maximum Gasteiger partial charge on any atom is 0.259 e. The second kappa shape index (κ2) is 7.79. The highest BCUT2D eigenvalue weighted by Gasteiger charge is 2.28. The number of benzene rings is 2. The summed E-state index contributed by atoms with van der Waals surface area (Å²) in [7, 11) is -3.99. The molecule has 0 saturated carbocycles. The molecule has 0 fully saturated rings. The first-order valence-electron chi connectivity index (χ1n) is 8.22. The van der Waals surface area contributed by atoms with Crippen LogP contribution in [0.15, 0.2) is 47.4 Å². The van der Waals surface area contributed by atoms with Gasteiger partial charge in [-0.25, -0.2) is 17.9 Å². The first-order valence-corrected chi connectivity index (χ1v) is 11.0. The summed E-state index contributed by atoms with van der Waals surface area (Å²) in [6, 6.07) is 9.63. The van der Waals surface area contributed by atoms with Crippen LogP contribution in [0.1, 0.15) is 34.8 Å². The van der Waals surface area contributed by atoms with Crippen LogP contribution in [0.3, 0.4) is 0 Å². The number of primary sulfonamides is 1. The summed E-state index contributed by atoms with van der Waals surface area (Å²) in [5, 5.41) is 16.6. The van der Waals surface area contributed by atoms with E-state index in [2.05, 4.69) is 15.5 Å². The number of sulfonamides is 1. The molecular weight excluding hydrogens is 439 g/mol. The quantitative estimate of drug-likeness (QED) is 0.611. The van der Waals surface area contributed by atoms with Crippen molar-refractivity contribution in [3.8, 4) is 0 Å². The summed E-state index contributed by atoms with van der Waals surface area (Å²) < 4.78 is 36.2.